The summed E-state index contributed by atoms with van der Waals surface area (Å²) < 4.78 is 0. The van der Waals surface area contributed by atoms with E-state index in [-0.39, 0.29) is 11.1 Å². The average molecular weight is 317 g/mol. The van der Waals surface area contributed by atoms with Gasteiger partial charge >= 0.3 is 0 Å². The number of imidazole rings is 1. The first-order valence-corrected chi connectivity index (χ1v) is 8.42. The third-order valence-electron chi connectivity index (χ3n) is 4.67. The monoisotopic (exact) mass is 317 g/mol. The zero-order chi connectivity index (χ0) is 16.9. The summed E-state index contributed by atoms with van der Waals surface area (Å²) >= 11 is 0. The SMILES string of the molecule is CC1(C)C=C(c2ccc(-c3nc4ccccc4[nH]3)cc2)C(C)(C)N1. The van der Waals surface area contributed by atoms with Crippen molar-refractivity contribution in [2.45, 2.75) is 38.8 Å². The molecule has 1 aliphatic rings. The Morgan fingerprint density at radius 1 is 0.833 bits per heavy atom. The molecule has 2 N–H and O–H groups in total. The highest BCUT2D eigenvalue weighted by molar-refractivity contribution is 5.80. The molecule has 1 aliphatic heterocycles. The van der Waals surface area contributed by atoms with Crippen LogP contribution < -0.4 is 5.32 Å². The van der Waals surface area contributed by atoms with Crippen molar-refractivity contribution >= 4 is 16.6 Å². The molecule has 0 atom stereocenters. The lowest BCUT2D eigenvalue weighted by Gasteiger charge is -2.28. The van der Waals surface area contributed by atoms with E-state index < -0.39 is 0 Å². The third-order valence-corrected chi connectivity index (χ3v) is 4.67. The van der Waals surface area contributed by atoms with Gasteiger partial charge in [-0.1, -0.05) is 42.5 Å². The third kappa shape index (κ3) is 2.55. The highest BCUT2D eigenvalue weighted by Gasteiger charge is 2.37. The number of rotatable bonds is 2. The van der Waals surface area contributed by atoms with Crippen LogP contribution in [0.1, 0.15) is 33.3 Å². The number of hydrogen-bond donors (Lipinski definition) is 2. The molecule has 1 aromatic heterocycles. The molecule has 0 spiro atoms. The van der Waals surface area contributed by atoms with Gasteiger partial charge in [-0.2, -0.15) is 0 Å². The molecule has 0 amide bonds. The van der Waals surface area contributed by atoms with Crippen molar-refractivity contribution in [3.05, 3.63) is 60.2 Å². The molecule has 0 bridgehead atoms. The molecule has 3 heteroatoms. The lowest BCUT2D eigenvalue weighted by molar-refractivity contribution is 0.403. The minimum atomic E-state index is -0.0234. The number of nitrogens with one attached hydrogen (secondary N) is 2. The van der Waals surface area contributed by atoms with E-state index >= 15 is 0 Å². The predicted octanol–water partition coefficient (Wildman–Crippen LogP) is 4.77. The molecule has 122 valence electrons. The summed E-state index contributed by atoms with van der Waals surface area (Å²) in [7, 11) is 0. The van der Waals surface area contributed by atoms with Crippen LogP contribution in [0.25, 0.3) is 28.0 Å². The largest absolute Gasteiger partial charge is 0.338 e. The second-order valence-corrected chi connectivity index (χ2v) is 7.71. The van der Waals surface area contributed by atoms with Gasteiger partial charge in [-0.05, 0) is 51.0 Å². The number of para-hydroxylation sites is 2. The highest BCUT2D eigenvalue weighted by Crippen LogP contribution is 2.37. The number of aromatic nitrogens is 2. The fourth-order valence-electron chi connectivity index (χ4n) is 3.79. The van der Waals surface area contributed by atoms with Crippen molar-refractivity contribution in [2.75, 3.05) is 0 Å². The average Bonchev–Trinajstić information content (AvgIpc) is 3.04. The smallest absolute Gasteiger partial charge is 0.138 e. The first-order chi connectivity index (χ1) is 11.3. The molecule has 0 saturated carbocycles. The van der Waals surface area contributed by atoms with Gasteiger partial charge < -0.3 is 4.98 Å². The Kier molecular flexibility index (Phi) is 3.19. The standard InChI is InChI=1S/C21H23N3/c1-20(2)13-16(21(3,4)24-20)14-9-11-15(12-10-14)19-22-17-7-5-6-8-18(17)23-19/h5-13,24H,1-4H3,(H,22,23). The molecule has 0 unspecified atom stereocenters. The topological polar surface area (TPSA) is 40.7 Å². The number of aromatic amines is 1. The Hall–Kier alpha value is -2.39. The van der Waals surface area contributed by atoms with Crippen LogP contribution in [-0.2, 0) is 0 Å². The van der Waals surface area contributed by atoms with E-state index in [2.05, 4.69) is 79.4 Å². The van der Waals surface area contributed by atoms with Crippen LogP contribution in [0.15, 0.2) is 54.6 Å². The number of fused-ring (bicyclic) bond motifs is 1. The van der Waals surface area contributed by atoms with Gasteiger partial charge in [0.2, 0.25) is 0 Å². The van der Waals surface area contributed by atoms with E-state index in [9.17, 15) is 0 Å². The Morgan fingerprint density at radius 2 is 1.50 bits per heavy atom. The van der Waals surface area contributed by atoms with Crippen molar-refractivity contribution in [3.8, 4) is 11.4 Å². The Balaban J connectivity index is 1.70. The minimum Gasteiger partial charge on any atom is -0.338 e. The molecule has 3 nitrogen and oxygen atoms in total. The van der Waals surface area contributed by atoms with Crippen molar-refractivity contribution in [2.24, 2.45) is 0 Å². The molecule has 0 fully saturated rings. The maximum atomic E-state index is 4.68. The zero-order valence-corrected chi connectivity index (χ0v) is 14.6. The van der Waals surface area contributed by atoms with Crippen LogP contribution in [0.4, 0.5) is 0 Å². The number of H-pyrrole nitrogens is 1. The van der Waals surface area contributed by atoms with Gasteiger partial charge in [-0.3, -0.25) is 5.32 Å². The summed E-state index contributed by atoms with van der Waals surface area (Å²) in [5.74, 6) is 0.917. The summed E-state index contributed by atoms with van der Waals surface area (Å²) in [6.07, 6.45) is 2.34. The maximum Gasteiger partial charge on any atom is 0.138 e. The van der Waals surface area contributed by atoms with Crippen molar-refractivity contribution in [3.63, 3.8) is 0 Å². The molecule has 0 radical (unpaired) electrons. The van der Waals surface area contributed by atoms with Gasteiger partial charge in [0.1, 0.15) is 5.82 Å². The first kappa shape index (κ1) is 15.2. The van der Waals surface area contributed by atoms with Gasteiger partial charge in [-0.25, -0.2) is 4.98 Å². The minimum absolute atomic E-state index is 0.0234. The molecule has 0 aliphatic carbocycles. The normalized spacial score (nSPS) is 18.8. The Morgan fingerprint density at radius 3 is 2.12 bits per heavy atom. The zero-order valence-electron chi connectivity index (χ0n) is 14.6. The predicted molar refractivity (Wildman–Crippen MR) is 101 cm³/mol. The van der Waals surface area contributed by atoms with Gasteiger partial charge in [0.25, 0.3) is 0 Å². The molecule has 2 heterocycles. The molecule has 4 rings (SSSR count). The summed E-state index contributed by atoms with van der Waals surface area (Å²) in [6, 6.07) is 16.8. The second kappa shape index (κ2) is 5.05. The van der Waals surface area contributed by atoms with Crippen molar-refractivity contribution in [1.82, 2.24) is 15.3 Å². The van der Waals surface area contributed by atoms with E-state index in [1.54, 1.807) is 0 Å². The van der Waals surface area contributed by atoms with Crippen LogP contribution >= 0.6 is 0 Å². The molecule has 24 heavy (non-hydrogen) atoms. The summed E-state index contributed by atoms with van der Waals surface area (Å²) in [5.41, 5.74) is 5.80. The quantitative estimate of drug-likeness (QED) is 0.714. The van der Waals surface area contributed by atoms with Gasteiger partial charge in [0, 0.05) is 16.6 Å². The second-order valence-electron chi connectivity index (χ2n) is 7.71. The van der Waals surface area contributed by atoms with E-state index in [4.69, 9.17) is 0 Å². The fraction of sp³-hybridized carbons (Fsp3) is 0.286. The lowest BCUT2D eigenvalue weighted by atomic mass is 9.90. The Bertz CT molecular complexity index is 894. The molecule has 2 aromatic carbocycles. The van der Waals surface area contributed by atoms with Crippen LogP contribution in [-0.4, -0.2) is 21.0 Å². The van der Waals surface area contributed by atoms with E-state index in [1.807, 2.05) is 18.2 Å². The van der Waals surface area contributed by atoms with E-state index in [0.717, 1.165) is 22.4 Å². The van der Waals surface area contributed by atoms with Gasteiger partial charge in [0.15, 0.2) is 0 Å². The highest BCUT2D eigenvalue weighted by atomic mass is 15.1. The summed E-state index contributed by atoms with van der Waals surface area (Å²) in [6.45, 7) is 8.90. The van der Waals surface area contributed by atoms with Crippen LogP contribution in [0.2, 0.25) is 0 Å². The van der Waals surface area contributed by atoms with Crippen molar-refractivity contribution < 1.29 is 0 Å². The van der Waals surface area contributed by atoms with Crippen molar-refractivity contribution in [1.29, 1.82) is 0 Å². The molecular formula is C21H23N3. The van der Waals surface area contributed by atoms with Gasteiger partial charge in [0.05, 0.1) is 11.0 Å². The number of nitrogens with zero attached hydrogens (tertiary/aromatic N) is 1. The van der Waals surface area contributed by atoms with E-state index in [0.29, 0.717) is 0 Å². The van der Waals surface area contributed by atoms with Crippen LogP contribution in [0, 0.1) is 0 Å². The van der Waals surface area contributed by atoms with E-state index in [1.165, 1.54) is 11.1 Å². The summed E-state index contributed by atoms with van der Waals surface area (Å²) in [5, 5.41) is 3.67. The first-order valence-electron chi connectivity index (χ1n) is 8.42. The van der Waals surface area contributed by atoms with Crippen LogP contribution in [0.3, 0.4) is 0 Å². The molecular weight excluding hydrogens is 294 g/mol. The van der Waals surface area contributed by atoms with Crippen LogP contribution in [0.5, 0.6) is 0 Å². The molecule has 3 aromatic rings. The fourth-order valence-corrected chi connectivity index (χ4v) is 3.79. The number of benzene rings is 2. The summed E-state index contributed by atoms with van der Waals surface area (Å²) in [4.78, 5) is 8.07. The lowest BCUT2D eigenvalue weighted by Crippen LogP contribution is -2.45. The Labute approximate surface area is 142 Å². The molecule has 0 saturated heterocycles. The maximum absolute atomic E-state index is 4.68. The van der Waals surface area contributed by atoms with Gasteiger partial charge in [-0.15, -0.1) is 0 Å². The number of hydrogen-bond acceptors (Lipinski definition) is 2.